The van der Waals surface area contributed by atoms with E-state index in [2.05, 4.69) is 33.6 Å². The molecule has 4 rings (SSSR count). The average Bonchev–Trinajstić information content (AvgIpc) is 2.68. The van der Waals surface area contributed by atoms with Crippen molar-refractivity contribution in [1.82, 2.24) is 19.8 Å². The van der Waals surface area contributed by atoms with Crippen LogP contribution >= 0.6 is 0 Å². The molecule has 2 unspecified atom stereocenters. The van der Waals surface area contributed by atoms with E-state index in [1.807, 2.05) is 4.90 Å². The minimum atomic E-state index is 0.0265. The van der Waals surface area contributed by atoms with Crippen LogP contribution in [0.25, 0.3) is 0 Å². The second kappa shape index (κ2) is 8.33. The maximum atomic E-state index is 12.9. The van der Waals surface area contributed by atoms with E-state index in [9.17, 15) is 4.79 Å². The Hall–Kier alpha value is -1.73. The highest BCUT2D eigenvalue weighted by Gasteiger charge is 2.46. The number of piperazine rings is 1. The van der Waals surface area contributed by atoms with Gasteiger partial charge in [0.1, 0.15) is 5.82 Å². The minimum absolute atomic E-state index is 0.0265. The molecule has 1 spiro atoms. The van der Waals surface area contributed by atoms with Crippen molar-refractivity contribution < 1.29 is 9.53 Å². The summed E-state index contributed by atoms with van der Waals surface area (Å²) < 4.78 is 6.17. The Morgan fingerprint density at radius 1 is 1.29 bits per heavy atom. The fourth-order valence-corrected chi connectivity index (χ4v) is 4.91. The average molecular weight is 388 g/mol. The summed E-state index contributed by atoms with van der Waals surface area (Å²) >= 11 is 0. The summed E-state index contributed by atoms with van der Waals surface area (Å²) in [5.74, 6) is 1.11. The third-order valence-electron chi connectivity index (χ3n) is 6.69. The number of hydrogen-bond acceptors (Lipinski definition) is 6. The molecule has 0 N–H and O–H groups in total. The van der Waals surface area contributed by atoms with E-state index >= 15 is 0 Å². The summed E-state index contributed by atoms with van der Waals surface area (Å²) in [6.45, 7) is 9.44. The van der Waals surface area contributed by atoms with Crippen LogP contribution in [0.3, 0.4) is 0 Å². The number of morpholine rings is 1. The first-order chi connectivity index (χ1) is 13.6. The topological polar surface area (TPSA) is 61.8 Å². The summed E-state index contributed by atoms with van der Waals surface area (Å²) in [7, 11) is 0. The predicted octanol–water partition coefficient (Wildman–Crippen LogP) is 1.94. The monoisotopic (exact) mass is 387 g/mol. The van der Waals surface area contributed by atoms with Gasteiger partial charge in [0.15, 0.2) is 0 Å². The lowest BCUT2D eigenvalue weighted by Crippen LogP contribution is -2.63. The molecule has 0 bridgehead atoms. The van der Waals surface area contributed by atoms with E-state index in [1.165, 1.54) is 19.3 Å². The smallest absolute Gasteiger partial charge is 0.225 e. The number of hydrogen-bond donors (Lipinski definition) is 0. The van der Waals surface area contributed by atoms with Gasteiger partial charge in [-0.05, 0) is 39.2 Å². The summed E-state index contributed by atoms with van der Waals surface area (Å²) in [6.07, 6.45) is 10.7. The third kappa shape index (κ3) is 3.87. The maximum absolute atomic E-state index is 12.9. The van der Waals surface area contributed by atoms with Crippen LogP contribution in [0.5, 0.6) is 0 Å². The van der Waals surface area contributed by atoms with Crippen molar-refractivity contribution in [2.75, 3.05) is 44.2 Å². The van der Waals surface area contributed by atoms with E-state index in [-0.39, 0.29) is 23.6 Å². The molecule has 2 saturated heterocycles. The van der Waals surface area contributed by atoms with Crippen LogP contribution in [0.4, 0.5) is 5.82 Å². The van der Waals surface area contributed by atoms with Gasteiger partial charge in [-0.15, -0.1) is 0 Å². The standard InChI is InChI=1S/C21H33N5O2/c1-3-9-25-15-18(28-16-21(25)5-4-6-21)12-20(27)24-10-11-26(17(2)14-24)19-13-22-7-8-23-19/h7-8,13,17-18H,3-6,9-12,14-16H2,1-2H3. The number of carbonyl (C=O) groups excluding carboxylic acids is 1. The van der Waals surface area contributed by atoms with Crippen LogP contribution in [0.2, 0.25) is 0 Å². The molecule has 2 aliphatic heterocycles. The highest BCUT2D eigenvalue weighted by molar-refractivity contribution is 5.77. The molecule has 154 valence electrons. The lowest BCUT2D eigenvalue weighted by atomic mass is 9.74. The Labute approximate surface area is 168 Å². The fraction of sp³-hybridized carbons (Fsp3) is 0.762. The highest BCUT2D eigenvalue weighted by atomic mass is 16.5. The van der Waals surface area contributed by atoms with Gasteiger partial charge in [0, 0.05) is 50.2 Å². The van der Waals surface area contributed by atoms with Crippen LogP contribution in [0.15, 0.2) is 18.6 Å². The highest BCUT2D eigenvalue weighted by Crippen LogP contribution is 2.41. The zero-order valence-electron chi connectivity index (χ0n) is 17.2. The Morgan fingerprint density at radius 3 is 2.79 bits per heavy atom. The quantitative estimate of drug-likeness (QED) is 0.769. The summed E-state index contributed by atoms with van der Waals surface area (Å²) in [5, 5.41) is 0. The molecule has 3 aliphatic rings. The Morgan fingerprint density at radius 2 is 2.14 bits per heavy atom. The molecule has 1 aromatic rings. The van der Waals surface area contributed by atoms with Crippen molar-refractivity contribution in [3.05, 3.63) is 18.6 Å². The zero-order chi connectivity index (χ0) is 19.6. The van der Waals surface area contributed by atoms with Gasteiger partial charge in [0.2, 0.25) is 5.91 Å². The van der Waals surface area contributed by atoms with Crippen molar-refractivity contribution >= 4 is 11.7 Å². The molecule has 1 amide bonds. The van der Waals surface area contributed by atoms with E-state index in [1.54, 1.807) is 18.6 Å². The van der Waals surface area contributed by atoms with Crippen molar-refractivity contribution in [1.29, 1.82) is 0 Å². The largest absolute Gasteiger partial charge is 0.374 e. The number of rotatable bonds is 5. The van der Waals surface area contributed by atoms with Crippen molar-refractivity contribution in [2.24, 2.45) is 0 Å². The van der Waals surface area contributed by atoms with Crippen molar-refractivity contribution in [3.63, 3.8) is 0 Å². The Bertz CT molecular complexity index is 666. The summed E-state index contributed by atoms with van der Waals surface area (Å²) in [6, 6.07) is 0.233. The SMILES string of the molecule is CCCN1CC(CC(=O)N2CCN(c3cnccn3)C(C)C2)OCC12CCC2. The molecule has 1 aliphatic carbocycles. The molecule has 7 heteroatoms. The van der Waals surface area contributed by atoms with Crippen LogP contribution in [-0.4, -0.2) is 82.7 Å². The summed E-state index contributed by atoms with van der Waals surface area (Å²) in [4.78, 5) is 28.4. The molecule has 7 nitrogen and oxygen atoms in total. The van der Waals surface area contributed by atoms with E-state index in [0.717, 1.165) is 51.6 Å². The first-order valence-corrected chi connectivity index (χ1v) is 10.8. The van der Waals surface area contributed by atoms with Gasteiger partial charge in [0.05, 0.1) is 25.3 Å². The predicted molar refractivity (Wildman–Crippen MR) is 108 cm³/mol. The lowest BCUT2D eigenvalue weighted by molar-refractivity contribution is -0.156. The fourth-order valence-electron chi connectivity index (χ4n) is 4.91. The molecule has 1 aromatic heterocycles. The normalized spacial score (nSPS) is 27.6. The van der Waals surface area contributed by atoms with Gasteiger partial charge in [-0.2, -0.15) is 0 Å². The second-order valence-corrected chi connectivity index (χ2v) is 8.61. The number of carbonyl (C=O) groups is 1. The lowest BCUT2D eigenvalue weighted by Gasteiger charge is -2.54. The first-order valence-electron chi connectivity index (χ1n) is 10.8. The van der Waals surface area contributed by atoms with Gasteiger partial charge in [-0.25, -0.2) is 4.98 Å². The van der Waals surface area contributed by atoms with Crippen molar-refractivity contribution in [2.45, 2.75) is 63.6 Å². The zero-order valence-corrected chi connectivity index (χ0v) is 17.2. The van der Waals surface area contributed by atoms with Gasteiger partial charge in [-0.1, -0.05) is 6.92 Å². The molecule has 3 fully saturated rings. The maximum Gasteiger partial charge on any atom is 0.225 e. The van der Waals surface area contributed by atoms with Crippen LogP contribution in [0.1, 0.15) is 46.0 Å². The number of anilines is 1. The first kappa shape index (κ1) is 19.6. The minimum Gasteiger partial charge on any atom is -0.374 e. The molecule has 0 radical (unpaired) electrons. The molecule has 1 saturated carbocycles. The van der Waals surface area contributed by atoms with Crippen LogP contribution in [0, 0.1) is 0 Å². The van der Waals surface area contributed by atoms with E-state index in [0.29, 0.717) is 6.42 Å². The molecule has 28 heavy (non-hydrogen) atoms. The second-order valence-electron chi connectivity index (χ2n) is 8.61. The van der Waals surface area contributed by atoms with Gasteiger partial charge in [-0.3, -0.25) is 14.7 Å². The number of ether oxygens (including phenoxy) is 1. The van der Waals surface area contributed by atoms with Gasteiger partial charge >= 0.3 is 0 Å². The van der Waals surface area contributed by atoms with Crippen LogP contribution < -0.4 is 4.90 Å². The van der Waals surface area contributed by atoms with Crippen LogP contribution in [-0.2, 0) is 9.53 Å². The molecular weight excluding hydrogens is 354 g/mol. The summed E-state index contributed by atoms with van der Waals surface area (Å²) in [5.41, 5.74) is 0.270. The number of nitrogens with zero attached hydrogens (tertiary/aromatic N) is 5. The third-order valence-corrected chi connectivity index (χ3v) is 6.69. The van der Waals surface area contributed by atoms with Gasteiger partial charge in [0.25, 0.3) is 0 Å². The Kier molecular flexibility index (Phi) is 5.83. The number of aromatic nitrogens is 2. The van der Waals surface area contributed by atoms with E-state index in [4.69, 9.17) is 4.74 Å². The van der Waals surface area contributed by atoms with Gasteiger partial charge < -0.3 is 14.5 Å². The molecule has 0 aromatic carbocycles. The Balaban J connectivity index is 1.31. The molecule has 3 heterocycles. The molecular formula is C21H33N5O2. The number of amides is 1. The van der Waals surface area contributed by atoms with E-state index < -0.39 is 0 Å². The molecule has 2 atom stereocenters. The van der Waals surface area contributed by atoms with Crippen molar-refractivity contribution in [3.8, 4) is 0 Å².